The van der Waals surface area contributed by atoms with E-state index in [1.807, 2.05) is 81.5 Å². The minimum Gasteiger partial charge on any atom is -0.494 e. The fourth-order valence-corrected chi connectivity index (χ4v) is 8.06. The molecule has 0 aliphatic carbocycles. The van der Waals surface area contributed by atoms with Crippen molar-refractivity contribution in [3.8, 4) is 16.9 Å². The summed E-state index contributed by atoms with van der Waals surface area (Å²) >= 11 is 13.5. The number of ether oxygens (including phenoxy) is 2. The van der Waals surface area contributed by atoms with Gasteiger partial charge in [-0.15, -0.1) is 0 Å². The van der Waals surface area contributed by atoms with Crippen LogP contribution in [0.5, 0.6) is 5.75 Å². The van der Waals surface area contributed by atoms with E-state index in [-0.39, 0.29) is 11.9 Å². The molecule has 0 fully saturated rings. The number of halogens is 2. The number of nitrogens with zero attached hydrogens (tertiary/aromatic N) is 5. The Bertz CT molecular complexity index is 2440. The van der Waals surface area contributed by atoms with Gasteiger partial charge in [0.2, 0.25) is 12.3 Å². The van der Waals surface area contributed by atoms with Crippen molar-refractivity contribution in [1.82, 2.24) is 18.9 Å². The maximum Gasteiger partial charge on any atom is 0.411 e. The quantitative estimate of drug-likeness (QED) is 0.0555. The Balaban J connectivity index is 1.41. The lowest BCUT2D eigenvalue weighted by Gasteiger charge is -2.25. The van der Waals surface area contributed by atoms with Crippen molar-refractivity contribution in [2.45, 2.75) is 60.4 Å². The molecule has 0 radical (unpaired) electrons. The second-order valence-corrected chi connectivity index (χ2v) is 14.7. The first kappa shape index (κ1) is 38.5. The molecule has 3 N–H and O–H groups in total. The van der Waals surface area contributed by atoms with E-state index >= 15 is 0 Å². The summed E-state index contributed by atoms with van der Waals surface area (Å²) in [5.41, 5.74) is 16.0. The van der Waals surface area contributed by atoms with Crippen LogP contribution in [0.3, 0.4) is 0 Å². The number of primary amides is 1. The SMILES string of the molecule is Cc1cc(OCCCc2c(C)n([C@H](C)CN(C=O)c3cn(C)c4ccc(C(=N)OC(N)=O)cc34)c3c(-c4c(C)nn(C)c4C)c(Cl)ccc23)cc(C)c1Cl. The fourth-order valence-electron chi connectivity index (χ4n) is 7.70. The lowest BCUT2D eigenvalue weighted by molar-refractivity contribution is -0.107. The van der Waals surface area contributed by atoms with Crippen LogP contribution in [0, 0.1) is 40.0 Å². The number of benzene rings is 3. The lowest BCUT2D eigenvalue weighted by Crippen LogP contribution is -2.29. The van der Waals surface area contributed by atoms with Crippen molar-refractivity contribution in [1.29, 1.82) is 5.41 Å². The molecule has 0 aliphatic rings. The van der Waals surface area contributed by atoms with Crippen molar-refractivity contribution >= 4 is 69.1 Å². The summed E-state index contributed by atoms with van der Waals surface area (Å²) in [7, 11) is 3.83. The van der Waals surface area contributed by atoms with E-state index in [2.05, 4.69) is 24.5 Å². The van der Waals surface area contributed by atoms with E-state index in [0.29, 0.717) is 29.4 Å². The molecule has 0 saturated heterocycles. The summed E-state index contributed by atoms with van der Waals surface area (Å²) in [4.78, 5) is 26.0. The smallest absolute Gasteiger partial charge is 0.411 e. The van der Waals surface area contributed by atoms with Gasteiger partial charge in [0.1, 0.15) is 5.75 Å². The Morgan fingerprint density at radius 1 is 1.00 bits per heavy atom. The molecule has 3 heterocycles. The first-order valence-electron chi connectivity index (χ1n) is 17.7. The van der Waals surface area contributed by atoms with Gasteiger partial charge in [-0.3, -0.25) is 14.9 Å². The summed E-state index contributed by atoms with van der Waals surface area (Å²) in [6, 6.07) is 13.0. The Hall–Kier alpha value is -5.26. The number of hydrogen-bond acceptors (Lipinski definition) is 6. The molecule has 6 aromatic rings. The van der Waals surface area contributed by atoms with Crippen LogP contribution < -0.4 is 15.4 Å². The van der Waals surface area contributed by atoms with Gasteiger partial charge >= 0.3 is 6.09 Å². The average molecular weight is 771 g/mol. The standard InChI is InChI=1S/C41H45Cl2N7O4/c1-22-16-29(17-23(2)38(22)43)53-15-9-10-30-26(5)50(39-31(30)12-13-33(42)37(39)36-25(4)46-48(8)27(36)6)24(3)19-49(21-51)35-20-47(7)34-14-11-28(18-32(34)35)40(44)54-41(45)52/h11-14,16-18,20-21,24,44H,9-10,15,19H2,1-8H3,(H2,45,52)/t24-/m1/s1. The third-order valence-corrected chi connectivity index (χ3v) is 11.2. The first-order chi connectivity index (χ1) is 25.6. The first-order valence-corrected chi connectivity index (χ1v) is 18.5. The second-order valence-electron chi connectivity index (χ2n) is 14.0. The molecule has 6 rings (SSSR count). The van der Waals surface area contributed by atoms with Crippen LogP contribution >= 0.6 is 23.2 Å². The van der Waals surface area contributed by atoms with Crippen LogP contribution in [0.4, 0.5) is 10.5 Å². The highest BCUT2D eigenvalue weighted by Gasteiger charge is 2.27. The molecule has 0 aliphatic heterocycles. The normalized spacial score (nSPS) is 12.0. The Labute approximate surface area is 324 Å². The zero-order valence-electron chi connectivity index (χ0n) is 31.8. The van der Waals surface area contributed by atoms with Crippen LogP contribution in [0.25, 0.3) is 32.9 Å². The van der Waals surface area contributed by atoms with Crippen molar-refractivity contribution in [3.63, 3.8) is 0 Å². The minimum atomic E-state index is -1.07. The summed E-state index contributed by atoms with van der Waals surface area (Å²) in [6.45, 7) is 13.1. The van der Waals surface area contributed by atoms with E-state index in [4.69, 9.17) is 48.9 Å². The number of carbonyl (C=O) groups excluding carboxylic acids is 2. The summed E-state index contributed by atoms with van der Waals surface area (Å²) in [5, 5.41) is 16.1. The maximum absolute atomic E-state index is 13.0. The molecule has 13 heteroatoms. The molecule has 0 saturated carbocycles. The molecule has 0 unspecified atom stereocenters. The number of amides is 2. The van der Waals surface area contributed by atoms with Gasteiger partial charge in [0.05, 0.1) is 28.5 Å². The number of aryl methyl sites for hydroxylation is 6. The van der Waals surface area contributed by atoms with Gasteiger partial charge in [0, 0.05) is 82.3 Å². The maximum atomic E-state index is 13.0. The summed E-state index contributed by atoms with van der Waals surface area (Å²) in [6.07, 6.45) is 3.16. The molecule has 0 bridgehead atoms. The van der Waals surface area contributed by atoms with E-state index in [1.165, 1.54) is 5.56 Å². The molecule has 1 atom stereocenters. The molecule has 11 nitrogen and oxygen atoms in total. The number of aromatic nitrogens is 4. The minimum absolute atomic E-state index is 0.216. The average Bonchev–Trinajstić information content (AvgIpc) is 3.69. The van der Waals surface area contributed by atoms with E-state index in [1.54, 1.807) is 17.0 Å². The molecule has 2 amide bonds. The molecule has 3 aromatic carbocycles. The van der Waals surface area contributed by atoms with Crippen LogP contribution in [-0.4, -0.2) is 50.5 Å². The van der Waals surface area contributed by atoms with Gasteiger partial charge in [0.25, 0.3) is 0 Å². The van der Waals surface area contributed by atoms with Gasteiger partial charge in [-0.05, 0) is 107 Å². The van der Waals surface area contributed by atoms with Crippen LogP contribution in [0.15, 0.2) is 48.7 Å². The summed E-state index contributed by atoms with van der Waals surface area (Å²) < 4.78 is 17.1. The number of hydrogen-bond donors (Lipinski definition) is 2. The highest BCUT2D eigenvalue weighted by molar-refractivity contribution is 6.35. The molecular formula is C41H45Cl2N7O4. The van der Waals surface area contributed by atoms with Gasteiger partial charge in [-0.25, -0.2) is 4.79 Å². The van der Waals surface area contributed by atoms with Gasteiger partial charge in [-0.2, -0.15) is 5.10 Å². The van der Waals surface area contributed by atoms with E-state index < -0.39 is 6.09 Å². The Morgan fingerprint density at radius 3 is 2.33 bits per heavy atom. The zero-order chi connectivity index (χ0) is 39.2. The molecule has 0 spiro atoms. The van der Waals surface area contributed by atoms with Crippen molar-refractivity contribution in [2.24, 2.45) is 19.8 Å². The monoisotopic (exact) mass is 769 g/mol. The number of nitrogens with one attached hydrogen (secondary N) is 1. The molecule has 282 valence electrons. The number of fused-ring (bicyclic) bond motifs is 2. The Kier molecular flexibility index (Phi) is 10.9. The highest BCUT2D eigenvalue weighted by Crippen LogP contribution is 2.43. The fraction of sp³-hybridized carbons (Fsp3) is 0.317. The van der Waals surface area contributed by atoms with Crippen LogP contribution in [0.2, 0.25) is 10.0 Å². The number of carbonyl (C=O) groups is 2. The number of anilines is 1. The lowest BCUT2D eigenvalue weighted by atomic mass is 9.98. The van der Waals surface area contributed by atoms with Crippen molar-refractivity contribution in [2.75, 3.05) is 18.1 Å². The van der Waals surface area contributed by atoms with Gasteiger partial charge < -0.3 is 29.2 Å². The van der Waals surface area contributed by atoms with Crippen molar-refractivity contribution < 1.29 is 19.1 Å². The van der Waals surface area contributed by atoms with Crippen LogP contribution in [-0.2, 0) is 30.0 Å². The predicted octanol–water partition coefficient (Wildman–Crippen LogP) is 9.04. The molecule has 3 aromatic heterocycles. The van der Waals surface area contributed by atoms with Gasteiger partial charge in [0.15, 0.2) is 0 Å². The highest BCUT2D eigenvalue weighted by atomic mass is 35.5. The largest absolute Gasteiger partial charge is 0.494 e. The molecular weight excluding hydrogens is 725 g/mol. The second kappa shape index (κ2) is 15.2. The van der Waals surface area contributed by atoms with Crippen LogP contribution in [0.1, 0.15) is 58.7 Å². The summed E-state index contributed by atoms with van der Waals surface area (Å²) in [5.74, 6) is 0.423. The van der Waals surface area contributed by atoms with Crippen molar-refractivity contribution in [3.05, 3.63) is 98.0 Å². The molecule has 54 heavy (non-hydrogen) atoms. The van der Waals surface area contributed by atoms with E-state index in [9.17, 15) is 9.59 Å². The van der Waals surface area contributed by atoms with Gasteiger partial charge in [-0.1, -0.05) is 29.3 Å². The third-order valence-electron chi connectivity index (χ3n) is 10.3. The Morgan fingerprint density at radius 2 is 1.70 bits per heavy atom. The predicted molar refractivity (Wildman–Crippen MR) is 217 cm³/mol. The number of nitrogens with two attached hydrogens (primary N) is 1. The van der Waals surface area contributed by atoms with E-state index in [0.717, 1.165) is 91.2 Å². The number of rotatable bonds is 12. The zero-order valence-corrected chi connectivity index (χ0v) is 33.3. The topological polar surface area (TPSA) is 133 Å². The third kappa shape index (κ3) is 7.05.